The first-order valence-corrected chi connectivity index (χ1v) is 9.45. The molecule has 3 aromatic rings. The molecule has 1 amide bonds. The van der Waals surface area contributed by atoms with Gasteiger partial charge in [0.25, 0.3) is 5.91 Å². The van der Waals surface area contributed by atoms with Gasteiger partial charge in [0.05, 0.1) is 26.0 Å². The second-order valence-corrected chi connectivity index (χ2v) is 6.77. The molecule has 6 heteroatoms. The summed E-state index contributed by atoms with van der Waals surface area (Å²) in [7, 11) is 1.62. The van der Waals surface area contributed by atoms with Crippen molar-refractivity contribution >= 4 is 22.9 Å². The molecule has 2 heterocycles. The molecule has 0 unspecified atom stereocenters. The van der Waals surface area contributed by atoms with Crippen molar-refractivity contribution in [3.05, 3.63) is 59.7 Å². The van der Waals surface area contributed by atoms with Crippen LogP contribution in [-0.2, 0) is 9.53 Å². The number of carbonyl (C=O) groups is 1. The van der Waals surface area contributed by atoms with Gasteiger partial charge < -0.3 is 19.4 Å². The highest BCUT2D eigenvalue weighted by Gasteiger charge is 2.22. The zero-order valence-corrected chi connectivity index (χ0v) is 16.1. The summed E-state index contributed by atoms with van der Waals surface area (Å²) in [5, 5.41) is 10.6. The van der Waals surface area contributed by atoms with Gasteiger partial charge in [-0.15, -0.1) is 0 Å². The van der Waals surface area contributed by atoms with E-state index < -0.39 is 0 Å². The third-order valence-electron chi connectivity index (χ3n) is 5.05. The first kappa shape index (κ1) is 18.8. The van der Waals surface area contributed by atoms with Gasteiger partial charge in [-0.2, -0.15) is 5.26 Å². The fourth-order valence-corrected chi connectivity index (χ4v) is 3.52. The quantitative estimate of drug-likeness (QED) is 0.548. The van der Waals surface area contributed by atoms with Crippen molar-refractivity contribution in [2.45, 2.75) is 0 Å². The molecule has 0 atom stereocenters. The molecular formula is C23H21N3O3. The maximum Gasteiger partial charge on any atom is 0.264 e. The molecule has 0 radical (unpaired) electrons. The first-order valence-electron chi connectivity index (χ1n) is 9.45. The molecule has 4 rings (SSSR count). The standard InChI is InChI=1S/C23H21N3O3/c1-28-18-7-8-21-19(14-18)20(22(25-21)16-5-3-2-4-6-16)13-17(15-24)23(27)26-9-11-29-12-10-26/h2-8,13-14,25H,9-12H2,1H3/b17-13+. The van der Waals surface area contributed by atoms with E-state index in [9.17, 15) is 10.1 Å². The van der Waals surface area contributed by atoms with Crippen LogP contribution >= 0.6 is 0 Å². The van der Waals surface area contributed by atoms with E-state index in [-0.39, 0.29) is 11.5 Å². The highest BCUT2D eigenvalue weighted by atomic mass is 16.5. The van der Waals surface area contributed by atoms with Crippen LogP contribution in [0.2, 0.25) is 0 Å². The molecule has 0 aliphatic carbocycles. The number of nitrogens with zero attached hydrogens (tertiary/aromatic N) is 2. The number of rotatable bonds is 4. The Balaban J connectivity index is 1.86. The van der Waals surface area contributed by atoms with Crippen LogP contribution in [0.1, 0.15) is 5.56 Å². The van der Waals surface area contributed by atoms with E-state index >= 15 is 0 Å². The number of carbonyl (C=O) groups excluding carboxylic acids is 1. The number of nitrogens with one attached hydrogen (secondary N) is 1. The molecule has 1 N–H and O–H groups in total. The number of morpholine rings is 1. The van der Waals surface area contributed by atoms with E-state index in [2.05, 4.69) is 11.1 Å². The minimum Gasteiger partial charge on any atom is -0.497 e. The largest absolute Gasteiger partial charge is 0.497 e. The maximum absolute atomic E-state index is 12.9. The van der Waals surface area contributed by atoms with E-state index in [4.69, 9.17) is 9.47 Å². The van der Waals surface area contributed by atoms with Crippen LogP contribution in [0.15, 0.2) is 54.1 Å². The lowest BCUT2D eigenvalue weighted by atomic mass is 10.0. The number of nitriles is 1. The van der Waals surface area contributed by atoms with Crippen LogP contribution in [0.25, 0.3) is 28.2 Å². The fourth-order valence-electron chi connectivity index (χ4n) is 3.52. The third kappa shape index (κ3) is 3.73. The topological polar surface area (TPSA) is 78.3 Å². The van der Waals surface area contributed by atoms with Crippen molar-refractivity contribution in [2.75, 3.05) is 33.4 Å². The van der Waals surface area contributed by atoms with Crippen molar-refractivity contribution in [1.82, 2.24) is 9.88 Å². The fraction of sp³-hybridized carbons (Fsp3) is 0.217. The molecule has 146 valence electrons. The number of fused-ring (bicyclic) bond motifs is 1. The molecule has 1 saturated heterocycles. The van der Waals surface area contributed by atoms with Crippen LogP contribution < -0.4 is 4.74 Å². The molecule has 0 saturated carbocycles. The molecule has 1 fully saturated rings. The third-order valence-corrected chi connectivity index (χ3v) is 5.05. The average molecular weight is 387 g/mol. The number of H-pyrrole nitrogens is 1. The summed E-state index contributed by atoms with van der Waals surface area (Å²) < 4.78 is 10.7. The number of amides is 1. The molecule has 0 bridgehead atoms. The van der Waals surface area contributed by atoms with Gasteiger partial charge in [-0.05, 0) is 29.8 Å². The van der Waals surface area contributed by atoms with Gasteiger partial charge in [0.15, 0.2) is 0 Å². The molecule has 1 aliphatic heterocycles. The highest BCUT2D eigenvalue weighted by Crippen LogP contribution is 2.34. The first-order chi connectivity index (χ1) is 14.2. The Morgan fingerprint density at radius 3 is 2.66 bits per heavy atom. The smallest absolute Gasteiger partial charge is 0.264 e. The van der Waals surface area contributed by atoms with Crippen LogP contribution in [-0.4, -0.2) is 49.2 Å². The lowest BCUT2D eigenvalue weighted by Crippen LogP contribution is -2.41. The summed E-state index contributed by atoms with van der Waals surface area (Å²) in [6.45, 7) is 1.96. The van der Waals surface area contributed by atoms with Gasteiger partial charge in [-0.3, -0.25) is 4.79 Å². The molecular weight excluding hydrogens is 366 g/mol. The Bertz CT molecular complexity index is 1100. The minimum absolute atomic E-state index is 0.104. The van der Waals surface area contributed by atoms with Crippen LogP contribution in [0.3, 0.4) is 0 Å². The minimum atomic E-state index is -0.271. The normalized spacial score (nSPS) is 14.6. The molecule has 2 aromatic carbocycles. The van der Waals surface area contributed by atoms with E-state index in [1.807, 2.05) is 48.5 Å². The Kier molecular flexibility index (Phi) is 5.32. The van der Waals surface area contributed by atoms with Crippen molar-refractivity contribution in [1.29, 1.82) is 5.26 Å². The number of benzene rings is 2. The van der Waals surface area contributed by atoms with Crippen molar-refractivity contribution in [2.24, 2.45) is 0 Å². The summed E-state index contributed by atoms with van der Waals surface area (Å²) in [5.74, 6) is 0.441. The Labute approximate surface area is 169 Å². The number of methoxy groups -OCH3 is 1. The average Bonchev–Trinajstić information content (AvgIpc) is 3.15. The number of aromatic amines is 1. The molecule has 6 nitrogen and oxygen atoms in total. The van der Waals surface area contributed by atoms with Gasteiger partial charge in [0, 0.05) is 29.6 Å². The van der Waals surface area contributed by atoms with E-state index in [1.165, 1.54) is 0 Å². The predicted molar refractivity (Wildman–Crippen MR) is 111 cm³/mol. The summed E-state index contributed by atoms with van der Waals surface area (Å²) in [5.41, 5.74) is 3.64. The highest BCUT2D eigenvalue weighted by molar-refractivity contribution is 6.06. The lowest BCUT2D eigenvalue weighted by Gasteiger charge is -2.26. The SMILES string of the molecule is COc1ccc2[nH]c(-c3ccccc3)c(/C=C(\C#N)C(=O)N3CCOCC3)c2c1. The zero-order chi connectivity index (χ0) is 20.2. The Hall–Kier alpha value is -3.56. The van der Waals surface area contributed by atoms with Crippen LogP contribution in [0.5, 0.6) is 5.75 Å². The number of hydrogen-bond donors (Lipinski definition) is 1. The molecule has 29 heavy (non-hydrogen) atoms. The Morgan fingerprint density at radius 1 is 1.21 bits per heavy atom. The zero-order valence-electron chi connectivity index (χ0n) is 16.1. The van der Waals surface area contributed by atoms with E-state index in [1.54, 1.807) is 18.1 Å². The number of aromatic nitrogens is 1. The van der Waals surface area contributed by atoms with Crippen molar-refractivity contribution in [3.8, 4) is 23.1 Å². The summed E-state index contributed by atoms with van der Waals surface area (Å²) in [6.07, 6.45) is 1.68. The van der Waals surface area contributed by atoms with Crippen molar-refractivity contribution < 1.29 is 14.3 Å². The van der Waals surface area contributed by atoms with Gasteiger partial charge in [-0.25, -0.2) is 0 Å². The van der Waals surface area contributed by atoms with Gasteiger partial charge in [0.2, 0.25) is 0 Å². The summed E-state index contributed by atoms with van der Waals surface area (Å²) in [4.78, 5) is 18.0. The summed E-state index contributed by atoms with van der Waals surface area (Å²) in [6, 6.07) is 17.7. The molecule has 0 spiro atoms. The van der Waals surface area contributed by atoms with Crippen LogP contribution in [0.4, 0.5) is 0 Å². The second-order valence-electron chi connectivity index (χ2n) is 6.77. The molecule has 1 aromatic heterocycles. The second kappa shape index (κ2) is 8.21. The number of ether oxygens (including phenoxy) is 2. The maximum atomic E-state index is 12.9. The predicted octanol–water partition coefficient (Wildman–Crippen LogP) is 3.61. The van der Waals surface area contributed by atoms with Gasteiger partial charge >= 0.3 is 0 Å². The summed E-state index contributed by atoms with van der Waals surface area (Å²) >= 11 is 0. The van der Waals surface area contributed by atoms with E-state index in [0.717, 1.165) is 27.7 Å². The van der Waals surface area contributed by atoms with E-state index in [0.29, 0.717) is 32.1 Å². The molecule has 1 aliphatic rings. The monoisotopic (exact) mass is 387 g/mol. The number of hydrogen-bond acceptors (Lipinski definition) is 4. The van der Waals surface area contributed by atoms with Crippen LogP contribution in [0, 0.1) is 11.3 Å². The van der Waals surface area contributed by atoms with Gasteiger partial charge in [-0.1, -0.05) is 30.3 Å². The van der Waals surface area contributed by atoms with Gasteiger partial charge in [0.1, 0.15) is 17.4 Å². The van der Waals surface area contributed by atoms with Crippen molar-refractivity contribution in [3.63, 3.8) is 0 Å². The Morgan fingerprint density at radius 2 is 1.97 bits per heavy atom. The lowest BCUT2D eigenvalue weighted by molar-refractivity contribution is -0.130.